The van der Waals surface area contributed by atoms with E-state index in [4.69, 9.17) is 5.73 Å². The zero-order valence-corrected chi connectivity index (χ0v) is 7.69. The average Bonchev–Trinajstić information content (AvgIpc) is 2.31. The second kappa shape index (κ2) is 3.67. The minimum Gasteiger partial charge on any atom is -0.384 e. The molecule has 2 N–H and O–H groups in total. The summed E-state index contributed by atoms with van der Waals surface area (Å²) in [4.78, 5) is 4.17. The van der Waals surface area contributed by atoms with E-state index in [2.05, 4.69) is 11.9 Å². The van der Waals surface area contributed by atoms with Gasteiger partial charge in [0.25, 0.3) is 0 Å². The van der Waals surface area contributed by atoms with Crippen molar-refractivity contribution < 1.29 is 0 Å². The van der Waals surface area contributed by atoms with Crippen LogP contribution in [0.4, 0.5) is 5.82 Å². The summed E-state index contributed by atoms with van der Waals surface area (Å²) >= 11 is 1.85. The van der Waals surface area contributed by atoms with Crippen molar-refractivity contribution in [2.45, 2.75) is 12.7 Å². The molecule has 0 aliphatic rings. The topological polar surface area (TPSA) is 43.8 Å². The molecule has 0 fully saturated rings. The molecule has 0 bridgehead atoms. The molecule has 0 radical (unpaired) electrons. The van der Waals surface area contributed by atoms with Crippen LogP contribution in [0.2, 0.25) is 0 Å². The van der Waals surface area contributed by atoms with Gasteiger partial charge in [0.1, 0.15) is 11.6 Å². The summed E-state index contributed by atoms with van der Waals surface area (Å²) in [6.45, 7) is 2.14. The number of imidazole rings is 1. The van der Waals surface area contributed by atoms with Crippen molar-refractivity contribution in [3.8, 4) is 0 Å². The van der Waals surface area contributed by atoms with E-state index >= 15 is 0 Å². The monoisotopic (exact) mass is 171 g/mol. The largest absolute Gasteiger partial charge is 0.384 e. The molecule has 4 heteroatoms. The summed E-state index contributed by atoms with van der Waals surface area (Å²) in [7, 11) is 1.94. The fraction of sp³-hybridized carbons (Fsp3) is 0.571. The molecule has 0 amide bonds. The lowest BCUT2D eigenvalue weighted by molar-refractivity contribution is 0.859. The molecular formula is C7H13N3S. The number of hydrogen-bond donors (Lipinski definition) is 1. The van der Waals surface area contributed by atoms with Crippen LogP contribution in [0.1, 0.15) is 12.7 Å². The van der Waals surface area contributed by atoms with Gasteiger partial charge in [-0.25, -0.2) is 4.98 Å². The number of rotatable bonds is 3. The minimum atomic E-state index is 0.733. The van der Waals surface area contributed by atoms with Crippen LogP contribution in [0.3, 0.4) is 0 Å². The third-order valence-corrected chi connectivity index (χ3v) is 2.43. The van der Waals surface area contributed by atoms with Gasteiger partial charge in [-0.3, -0.25) is 0 Å². The number of nitrogens with two attached hydrogens (primary N) is 1. The maximum absolute atomic E-state index is 5.60. The molecule has 3 nitrogen and oxygen atoms in total. The molecule has 0 atom stereocenters. The summed E-state index contributed by atoms with van der Waals surface area (Å²) in [6.07, 6.45) is 1.70. The smallest absolute Gasteiger partial charge is 0.123 e. The highest BCUT2D eigenvalue weighted by molar-refractivity contribution is 7.98. The van der Waals surface area contributed by atoms with Crippen molar-refractivity contribution in [1.29, 1.82) is 0 Å². The number of nitrogen functional groups attached to an aromatic ring is 1. The van der Waals surface area contributed by atoms with Gasteiger partial charge in [0.2, 0.25) is 0 Å². The molecule has 11 heavy (non-hydrogen) atoms. The molecular weight excluding hydrogens is 158 g/mol. The summed E-state index contributed by atoms with van der Waals surface area (Å²) in [6, 6.07) is 0. The molecule has 0 saturated heterocycles. The van der Waals surface area contributed by atoms with Crippen molar-refractivity contribution >= 4 is 17.6 Å². The number of nitrogens with zero attached hydrogens (tertiary/aromatic N) is 2. The summed E-state index contributed by atoms with van der Waals surface area (Å²) in [5, 5.41) is 0. The van der Waals surface area contributed by atoms with Gasteiger partial charge < -0.3 is 10.3 Å². The van der Waals surface area contributed by atoms with Crippen LogP contribution < -0.4 is 5.73 Å². The average molecular weight is 171 g/mol. The zero-order chi connectivity index (χ0) is 8.27. The SMILES string of the molecule is CCSCc1ncc(N)n1C. The predicted octanol–water partition coefficient (Wildman–Crippen LogP) is 1.26. The van der Waals surface area contributed by atoms with Crippen LogP contribution in [0.5, 0.6) is 0 Å². The lowest BCUT2D eigenvalue weighted by Crippen LogP contribution is -2.00. The van der Waals surface area contributed by atoms with Gasteiger partial charge in [-0.2, -0.15) is 11.8 Å². The first-order valence-electron chi connectivity index (χ1n) is 3.59. The quantitative estimate of drug-likeness (QED) is 0.744. The maximum Gasteiger partial charge on any atom is 0.123 e. The number of anilines is 1. The van der Waals surface area contributed by atoms with E-state index in [1.807, 2.05) is 23.4 Å². The molecule has 62 valence electrons. The summed E-state index contributed by atoms with van der Waals surface area (Å²) < 4.78 is 1.92. The van der Waals surface area contributed by atoms with Gasteiger partial charge in [-0.05, 0) is 5.75 Å². The molecule has 0 aliphatic carbocycles. The molecule has 0 aliphatic heterocycles. The minimum absolute atomic E-state index is 0.733. The Kier molecular flexibility index (Phi) is 2.82. The van der Waals surface area contributed by atoms with Crippen molar-refractivity contribution in [2.75, 3.05) is 11.5 Å². The highest BCUT2D eigenvalue weighted by atomic mass is 32.2. The Labute approximate surface area is 71.0 Å². The normalized spacial score (nSPS) is 10.4. The van der Waals surface area contributed by atoms with Gasteiger partial charge in [-0.15, -0.1) is 0 Å². The standard InChI is InChI=1S/C7H13N3S/c1-3-11-5-7-9-4-6(8)10(7)2/h4H,3,5,8H2,1-2H3. The Balaban J connectivity index is 2.63. The fourth-order valence-electron chi connectivity index (χ4n) is 0.790. The van der Waals surface area contributed by atoms with Crippen LogP contribution in [-0.2, 0) is 12.8 Å². The Hall–Kier alpha value is -0.640. The Morgan fingerprint density at radius 1 is 1.73 bits per heavy atom. The first-order valence-corrected chi connectivity index (χ1v) is 4.75. The Morgan fingerprint density at radius 3 is 2.91 bits per heavy atom. The first kappa shape index (κ1) is 8.46. The van der Waals surface area contributed by atoms with Crippen LogP contribution in [0.25, 0.3) is 0 Å². The van der Waals surface area contributed by atoms with E-state index in [0.717, 1.165) is 23.1 Å². The van der Waals surface area contributed by atoms with Gasteiger partial charge in [0, 0.05) is 7.05 Å². The number of aromatic nitrogens is 2. The fourth-order valence-corrected chi connectivity index (χ4v) is 1.45. The lowest BCUT2D eigenvalue weighted by atomic mass is 10.7. The molecule has 0 unspecified atom stereocenters. The van der Waals surface area contributed by atoms with E-state index < -0.39 is 0 Å². The molecule has 1 rings (SSSR count). The van der Waals surface area contributed by atoms with Gasteiger partial charge >= 0.3 is 0 Å². The predicted molar refractivity (Wildman–Crippen MR) is 49.5 cm³/mol. The van der Waals surface area contributed by atoms with E-state index in [-0.39, 0.29) is 0 Å². The molecule has 0 saturated carbocycles. The van der Waals surface area contributed by atoms with Crippen LogP contribution in [0, 0.1) is 0 Å². The molecule has 1 heterocycles. The van der Waals surface area contributed by atoms with E-state index in [1.54, 1.807) is 6.20 Å². The zero-order valence-electron chi connectivity index (χ0n) is 6.87. The first-order chi connectivity index (χ1) is 5.25. The van der Waals surface area contributed by atoms with Crippen LogP contribution >= 0.6 is 11.8 Å². The molecule has 1 aromatic heterocycles. The second-order valence-corrected chi connectivity index (χ2v) is 3.57. The highest BCUT2D eigenvalue weighted by Crippen LogP contribution is 2.11. The van der Waals surface area contributed by atoms with Crippen LogP contribution in [0.15, 0.2) is 6.20 Å². The number of thioether (sulfide) groups is 1. The van der Waals surface area contributed by atoms with Gasteiger partial charge in [0.05, 0.1) is 11.9 Å². The van der Waals surface area contributed by atoms with Crippen molar-refractivity contribution in [3.05, 3.63) is 12.0 Å². The summed E-state index contributed by atoms with van der Waals surface area (Å²) in [5.74, 6) is 3.85. The molecule has 0 aromatic carbocycles. The summed E-state index contributed by atoms with van der Waals surface area (Å²) in [5.41, 5.74) is 5.60. The van der Waals surface area contributed by atoms with Gasteiger partial charge in [-0.1, -0.05) is 6.92 Å². The van der Waals surface area contributed by atoms with Crippen LogP contribution in [-0.4, -0.2) is 15.3 Å². The Morgan fingerprint density at radius 2 is 2.45 bits per heavy atom. The third kappa shape index (κ3) is 1.89. The maximum atomic E-state index is 5.60. The lowest BCUT2D eigenvalue weighted by Gasteiger charge is -2.00. The molecule has 0 spiro atoms. The van der Waals surface area contributed by atoms with Crippen molar-refractivity contribution in [3.63, 3.8) is 0 Å². The van der Waals surface area contributed by atoms with E-state index in [0.29, 0.717) is 0 Å². The van der Waals surface area contributed by atoms with Crippen molar-refractivity contribution in [1.82, 2.24) is 9.55 Å². The number of hydrogen-bond acceptors (Lipinski definition) is 3. The van der Waals surface area contributed by atoms with E-state index in [1.165, 1.54) is 0 Å². The second-order valence-electron chi connectivity index (χ2n) is 2.30. The van der Waals surface area contributed by atoms with Crippen molar-refractivity contribution in [2.24, 2.45) is 7.05 Å². The van der Waals surface area contributed by atoms with Gasteiger partial charge in [0.15, 0.2) is 0 Å². The third-order valence-electron chi connectivity index (χ3n) is 1.56. The molecule has 1 aromatic rings. The van der Waals surface area contributed by atoms with E-state index in [9.17, 15) is 0 Å². The highest BCUT2D eigenvalue weighted by Gasteiger charge is 2.01. The Bertz CT molecular complexity index is 232.